The SMILES string of the molecule is CCCOC(=O)c1ccc(NC(=O)CSc2nnc(-c3ccc(OC)cc3)n2CC)cc1. The Hall–Kier alpha value is -3.33. The zero-order valence-electron chi connectivity index (χ0n) is 18.3. The minimum Gasteiger partial charge on any atom is -0.497 e. The quantitative estimate of drug-likeness (QED) is 0.361. The van der Waals surface area contributed by atoms with Crippen molar-refractivity contribution in [3.05, 3.63) is 54.1 Å². The van der Waals surface area contributed by atoms with E-state index in [1.807, 2.05) is 42.7 Å². The Balaban J connectivity index is 1.59. The van der Waals surface area contributed by atoms with Crippen LogP contribution in [0.15, 0.2) is 53.7 Å². The van der Waals surface area contributed by atoms with Crippen LogP contribution >= 0.6 is 11.8 Å². The molecule has 1 heterocycles. The number of esters is 1. The molecular formula is C23H26N4O4S. The Kier molecular flexibility index (Phi) is 8.27. The van der Waals surface area contributed by atoms with Crippen molar-refractivity contribution in [1.29, 1.82) is 0 Å². The summed E-state index contributed by atoms with van der Waals surface area (Å²) in [6.45, 7) is 5.01. The van der Waals surface area contributed by atoms with Crippen molar-refractivity contribution in [1.82, 2.24) is 14.8 Å². The van der Waals surface area contributed by atoms with Crippen LogP contribution in [0.25, 0.3) is 11.4 Å². The second kappa shape index (κ2) is 11.3. The maximum atomic E-state index is 12.4. The van der Waals surface area contributed by atoms with E-state index in [9.17, 15) is 9.59 Å². The van der Waals surface area contributed by atoms with Gasteiger partial charge in [-0.3, -0.25) is 4.79 Å². The molecule has 0 aliphatic carbocycles. The van der Waals surface area contributed by atoms with Crippen molar-refractivity contribution in [3.8, 4) is 17.1 Å². The van der Waals surface area contributed by atoms with Crippen LogP contribution in [-0.2, 0) is 16.1 Å². The Morgan fingerprint density at radius 2 is 1.75 bits per heavy atom. The Labute approximate surface area is 191 Å². The number of hydrogen-bond acceptors (Lipinski definition) is 7. The molecule has 0 aliphatic rings. The van der Waals surface area contributed by atoms with E-state index >= 15 is 0 Å². The van der Waals surface area contributed by atoms with E-state index in [2.05, 4.69) is 15.5 Å². The summed E-state index contributed by atoms with van der Waals surface area (Å²) in [6, 6.07) is 14.2. The Morgan fingerprint density at radius 3 is 2.38 bits per heavy atom. The van der Waals surface area contributed by atoms with Crippen LogP contribution in [0, 0.1) is 0 Å². The standard InChI is InChI=1S/C23H26N4O4S/c1-4-14-31-22(29)17-6-10-18(11-7-17)24-20(28)15-32-23-26-25-21(27(23)5-2)16-8-12-19(30-3)13-9-16/h6-13H,4-5,14-15H2,1-3H3,(H,24,28). The van der Waals surface area contributed by atoms with Crippen LogP contribution in [0.2, 0.25) is 0 Å². The number of hydrogen-bond donors (Lipinski definition) is 1. The van der Waals surface area contributed by atoms with Gasteiger partial charge in [0.1, 0.15) is 5.75 Å². The summed E-state index contributed by atoms with van der Waals surface area (Å²) >= 11 is 1.32. The van der Waals surface area contributed by atoms with Gasteiger partial charge in [-0.25, -0.2) is 4.79 Å². The lowest BCUT2D eigenvalue weighted by atomic mass is 10.2. The zero-order valence-corrected chi connectivity index (χ0v) is 19.1. The maximum absolute atomic E-state index is 12.4. The van der Waals surface area contributed by atoms with Crippen LogP contribution in [0.4, 0.5) is 5.69 Å². The summed E-state index contributed by atoms with van der Waals surface area (Å²) in [5, 5.41) is 12.0. The first-order chi connectivity index (χ1) is 15.5. The van der Waals surface area contributed by atoms with E-state index in [-0.39, 0.29) is 17.6 Å². The van der Waals surface area contributed by atoms with Gasteiger partial charge < -0.3 is 19.4 Å². The highest BCUT2D eigenvalue weighted by atomic mass is 32.2. The third-order valence-corrected chi connectivity index (χ3v) is 5.52. The molecular weight excluding hydrogens is 428 g/mol. The van der Waals surface area contributed by atoms with E-state index in [1.54, 1.807) is 31.4 Å². The summed E-state index contributed by atoms with van der Waals surface area (Å²) in [6.07, 6.45) is 0.769. The van der Waals surface area contributed by atoms with Crippen molar-refractivity contribution in [2.45, 2.75) is 32.0 Å². The second-order valence-electron chi connectivity index (χ2n) is 6.83. The van der Waals surface area contributed by atoms with Gasteiger partial charge in [-0.15, -0.1) is 10.2 Å². The van der Waals surface area contributed by atoms with Gasteiger partial charge >= 0.3 is 5.97 Å². The number of anilines is 1. The number of thioether (sulfide) groups is 1. The highest BCUT2D eigenvalue weighted by molar-refractivity contribution is 7.99. The predicted octanol–water partition coefficient (Wildman–Crippen LogP) is 4.27. The topological polar surface area (TPSA) is 95.3 Å². The van der Waals surface area contributed by atoms with Gasteiger partial charge in [0.25, 0.3) is 0 Å². The van der Waals surface area contributed by atoms with Crippen molar-refractivity contribution >= 4 is 29.3 Å². The number of nitrogens with one attached hydrogen (secondary N) is 1. The molecule has 3 rings (SSSR count). The number of carbonyl (C=O) groups is 2. The number of benzene rings is 2. The summed E-state index contributed by atoms with van der Waals surface area (Å²) in [4.78, 5) is 24.3. The minimum atomic E-state index is -0.369. The Bertz CT molecular complexity index is 1050. The van der Waals surface area contributed by atoms with Crippen molar-refractivity contribution in [2.75, 3.05) is 24.8 Å². The fourth-order valence-corrected chi connectivity index (χ4v) is 3.73. The number of nitrogens with zero attached hydrogens (tertiary/aromatic N) is 3. The molecule has 1 amide bonds. The number of rotatable bonds is 10. The molecule has 0 radical (unpaired) electrons. The molecule has 0 unspecified atom stereocenters. The lowest BCUT2D eigenvalue weighted by Gasteiger charge is -2.09. The van der Waals surface area contributed by atoms with Gasteiger partial charge in [-0.1, -0.05) is 18.7 Å². The summed E-state index contributed by atoms with van der Waals surface area (Å²) in [5.74, 6) is 1.15. The fraction of sp³-hybridized carbons (Fsp3) is 0.304. The van der Waals surface area contributed by atoms with Gasteiger partial charge in [0.2, 0.25) is 5.91 Å². The van der Waals surface area contributed by atoms with Gasteiger partial charge in [0.05, 0.1) is 25.0 Å². The molecule has 0 saturated carbocycles. The normalized spacial score (nSPS) is 10.6. The summed E-state index contributed by atoms with van der Waals surface area (Å²) < 4.78 is 12.3. The fourth-order valence-electron chi connectivity index (χ4n) is 2.93. The highest BCUT2D eigenvalue weighted by Crippen LogP contribution is 2.25. The van der Waals surface area contributed by atoms with Crippen LogP contribution < -0.4 is 10.1 Å². The first-order valence-corrected chi connectivity index (χ1v) is 11.3. The molecule has 0 bridgehead atoms. The minimum absolute atomic E-state index is 0.173. The molecule has 2 aromatic carbocycles. The average Bonchev–Trinajstić information content (AvgIpc) is 3.24. The maximum Gasteiger partial charge on any atom is 0.338 e. The number of amides is 1. The van der Waals surface area contributed by atoms with E-state index in [0.717, 1.165) is 23.6 Å². The molecule has 8 nitrogen and oxygen atoms in total. The van der Waals surface area contributed by atoms with Crippen LogP contribution in [0.1, 0.15) is 30.6 Å². The van der Waals surface area contributed by atoms with Crippen LogP contribution in [-0.4, -0.2) is 46.1 Å². The van der Waals surface area contributed by atoms with Crippen LogP contribution in [0.3, 0.4) is 0 Å². The smallest absolute Gasteiger partial charge is 0.338 e. The molecule has 0 fully saturated rings. The first-order valence-electron chi connectivity index (χ1n) is 10.3. The third-order valence-electron chi connectivity index (χ3n) is 4.56. The molecule has 32 heavy (non-hydrogen) atoms. The lowest BCUT2D eigenvalue weighted by molar-refractivity contribution is -0.113. The van der Waals surface area contributed by atoms with Gasteiger partial charge in [0, 0.05) is 17.8 Å². The predicted molar refractivity (Wildman–Crippen MR) is 124 cm³/mol. The average molecular weight is 455 g/mol. The lowest BCUT2D eigenvalue weighted by Crippen LogP contribution is -2.15. The molecule has 3 aromatic rings. The molecule has 168 valence electrons. The monoisotopic (exact) mass is 454 g/mol. The first kappa shape index (κ1) is 23.3. The molecule has 0 spiro atoms. The molecule has 1 aromatic heterocycles. The van der Waals surface area contributed by atoms with E-state index in [1.165, 1.54) is 11.8 Å². The van der Waals surface area contributed by atoms with E-state index < -0.39 is 0 Å². The molecule has 0 saturated heterocycles. The summed E-state index contributed by atoms with van der Waals surface area (Å²) in [7, 11) is 1.62. The van der Waals surface area contributed by atoms with Gasteiger partial charge in [-0.2, -0.15) is 0 Å². The number of aromatic nitrogens is 3. The van der Waals surface area contributed by atoms with Crippen LogP contribution in [0.5, 0.6) is 5.75 Å². The molecule has 9 heteroatoms. The second-order valence-corrected chi connectivity index (χ2v) is 7.77. The number of carbonyl (C=O) groups excluding carboxylic acids is 2. The Morgan fingerprint density at radius 1 is 1.03 bits per heavy atom. The number of methoxy groups -OCH3 is 1. The summed E-state index contributed by atoms with van der Waals surface area (Å²) in [5.41, 5.74) is 1.99. The van der Waals surface area contributed by atoms with Crippen molar-refractivity contribution in [3.63, 3.8) is 0 Å². The number of ether oxygens (including phenoxy) is 2. The van der Waals surface area contributed by atoms with E-state index in [4.69, 9.17) is 9.47 Å². The molecule has 1 N–H and O–H groups in total. The molecule has 0 atom stereocenters. The molecule has 0 aliphatic heterocycles. The zero-order chi connectivity index (χ0) is 22.9. The largest absolute Gasteiger partial charge is 0.497 e. The van der Waals surface area contributed by atoms with Gasteiger partial charge in [-0.05, 0) is 61.9 Å². The van der Waals surface area contributed by atoms with E-state index in [0.29, 0.717) is 29.6 Å². The van der Waals surface area contributed by atoms with Gasteiger partial charge in [0.15, 0.2) is 11.0 Å². The van der Waals surface area contributed by atoms with Crippen molar-refractivity contribution < 1.29 is 19.1 Å². The van der Waals surface area contributed by atoms with Crippen molar-refractivity contribution in [2.24, 2.45) is 0 Å². The highest BCUT2D eigenvalue weighted by Gasteiger charge is 2.15. The third kappa shape index (κ3) is 5.88.